The van der Waals surface area contributed by atoms with E-state index >= 15 is 0 Å². The molecule has 0 heterocycles. The minimum absolute atomic E-state index is 0.0543. The van der Waals surface area contributed by atoms with E-state index in [1.54, 1.807) is 24.3 Å². The van der Waals surface area contributed by atoms with Gasteiger partial charge in [0.1, 0.15) is 11.6 Å². The second kappa shape index (κ2) is 6.52. The average Bonchev–Trinajstić information content (AvgIpc) is 2.41. The first-order valence-corrected chi connectivity index (χ1v) is 6.97. The van der Waals surface area contributed by atoms with E-state index in [4.69, 9.17) is 11.6 Å². The largest absolute Gasteiger partial charge is 0.387 e. The van der Waals surface area contributed by atoms with Crippen molar-refractivity contribution in [3.05, 3.63) is 63.1 Å². The molecule has 1 unspecified atom stereocenters. The molecule has 0 saturated carbocycles. The molecule has 20 heavy (non-hydrogen) atoms. The van der Waals surface area contributed by atoms with Crippen LogP contribution >= 0.6 is 27.5 Å². The molecule has 0 aliphatic carbocycles. The van der Waals surface area contributed by atoms with Crippen molar-refractivity contribution < 1.29 is 13.9 Å². The third-order valence-corrected chi connectivity index (χ3v) is 3.71. The van der Waals surface area contributed by atoms with Gasteiger partial charge < -0.3 is 10.4 Å². The fourth-order valence-electron chi connectivity index (χ4n) is 1.72. The molecule has 0 fully saturated rings. The van der Waals surface area contributed by atoms with Gasteiger partial charge in [-0.15, -0.1) is 0 Å². The standard InChI is InChI=1S/C14H11BrClF2NO/c15-9-5-13(12(18)6-11(9)17)19-7-14(20)8-3-1-2-4-10(8)16/h1-6,14,19-20H,7H2. The summed E-state index contributed by atoms with van der Waals surface area (Å²) in [6, 6.07) is 8.90. The van der Waals surface area contributed by atoms with Gasteiger partial charge in [0.15, 0.2) is 0 Å². The first-order chi connectivity index (χ1) is 9.49. The highest BCUT2D eigenvalue weighted by molar-refractivity contribution is 9.10. The minimum Gasteiger partial charge on any atom is -0.387 e. The predicted octanol–water partition coefficient (Wildman–Crippen LogP) is 4.53. The molecule has 6 heteroatoms. The smallest absolute Gasteiger partial charge is 0.149 e. The maximum Gasteiger partial charge on any atom is 0.149 e. The van der Waals surface area contributed by atoms with Crippen LogP contribution in [0, 0.1) is 11.6 Å². The van der Waals surface area contributed by atoms with Crippen molar-refractivity contribution in [1.29, 1.82) is 0 Å². The fraction of sp³-hybridized carbons (Fsp3) is 0.143. The molecule has 0 aliphatic rings. The topological polar surface area (TPSA) is 32.3 Å². The number of hydrogen-bond donors (Lipinski definition) is 2. The lowest BCUT2D eigenvalue weighted by molar-refractivity contribution is 0.191. The Balaban J connectivity index is 2.09. The van der Waals surface area contributed by atoms with Gasteiger partial charge in [-0.25, -0.2) is 8.78 Å². The summed E-state index contributed by atoms with van der Waals surface area (Å²) in [4.78, 5) is 0. The highest BCUT2D eigenvalue weighted by atomic mass is 79.9. The summed E-state index contributed by atoms with van der Waals surface area (Å²) in [6.07, 6.45) is -0.896. The molecule has 0 spiro atoms. The molecule has 1 atom stereocenters. The number of rotatable bonds is 4. The Morgan fingerprint density at radius 1 is 1.20 bits per heavy atom. The fourth-order valence-corrected chi connectivity index (χ4v) is 2.33. The van der Waals surface area contributed by atoms with Crippen molar-refractivity contribution in [2.24, 2.45) is 0 Å². The van der Waals surface area contributed by atoms with Crippen LogP contribution in [-0.4, -0.2) is 11.7 Å². The summed E-state index contributed by atoms with van der Waals surface area (Å²) in [5.74, 6) is -1.41. The van der Waals surface area contributed by atoms with E-state index in [0.717, 1.165) is 6.07 Å². The van der Waals surface area contributed by atoms with E-state index in [1.165, 1.54) is 6.07 Å². The molecule has 0 aliphatic heterocycles. The number of nitrogens with one attached hydrogen (secondary N) is 1. The van der Waals surface area contributed by atoms with Gasteiger partial charge in [0, 0.05) is 23.2 Å². The first kappa shape index (κ1) is 15.2. The van der Waals surface area contributed by atoms with Crippen LogP contribution in [-0.2, 0) is 0 Å². The maximum atomic E-state index is 13.5. The molecule has 2 nitrogen and oxygen atoms in total. The Morgan fingerprint density at radius 3 is 2.60 bits per heavy atom. The van der Waals surface area contributed by atoms with Crippen LogP contribution in [0.4, 0.5) is 14.5 Å². The van der Waals surface area contributed by atoms with Gasteiger partial charge >= 0.3 is 0 Å². The second-order valence-corrected chi connectivity index (χ2v) is 5.43. The Bertz CT molecular complexity index is 624. The number of hydrogen-bond acceptors (Lipinski definition) is 2. The summed E-state index contributed by atoms with van der Waals surface area (Å²) < 4.78 is 26.8. The van der Waals surface area contributed by atoms with Gasteiger partial charge in [-0.3, -0.25) is 0 Å². The monoisotopic (exact) mass is 361 g/mol. The van der Waals surface area contributed by atoms with Gasteiger partial charge in [0.05, 0.1) is 16.3 Å². The number of benzene rings is 2. The van der Waals surface area contributed by atoms with Gasteiger partial charge in [0.2, 0.25) is 0 Å². The van der Waals surface area contributed by atoms with Gasteiger partial charge in [-0.1, -0.05) is 29.8 Å². The van der Waals surface area contributed by atoms with Crippen LogP contribution in [0.2, 0.25) is 5.02 Å². The Hall–Kier alpha value is -1.17. The van der Waals surface area contributed by atoms with Gasteiger partial charge in [-0.2, -0.15) is 0 Å². The highest BCUT2D eigenvalue weighted by Crippen LogP contribution is 2.26. The molecule has 2 aromatic carbocycles. The minimum atomic E-state index is -0.896. The summed E-state index contributed by atoms with van der Waals surface area (Å²) in [5, 5.41) is 13.2. The Morgan fingerprint density at radius 2 is 1.90 bits per heavy atom. The molecule has 0 bridgehead atoms. The van der Waals surface area contributed by atoms with Crippen molar-refractivity contribution in [2.75, 3.05) is 11.9 Å². The van der Waals surface area contributed by atoms with Crippen LogP contribution in [0.3, 0.4) is 0 Å². The SMILES string of the molecule is OC(CNc1cc(Br)c(F)cc1F)c1ccccc1Cl. The first-order valence-electron chi connectivity index (χ1n) is 5.80. The summed E-state index contributed by atoms with van der Waals surface area (Å²) in [7, 11) is 0. The number of aliphatic hydroxyl groups excluding tert-OH is 1. The molecule has 0 amide bonds. The lowest BCUT2D eigenvalue weighted by Crippen LogP contribution is -2.13. The van der Waals surface area contributed by atoms with Crippen molar-refractivity contribution in [3.63, 3.8) is 0 Å². The molecule has 2 N–H and O–H groups in total. The lowest BCUT2D eigenvalue weighted by atomic mass is 10.1. The summed E-state index contributed by atoms with van der Waals surface area (Å²) >= 11 is 8.94. The van der Waals surface area contributed by atoms with Crippen LogP contribution < -0.4 is 5.32 Å². The zero-order valence-electron chi connectivity index (χ0n) is 10.2. The number of halogens is 4. The highest BCUT2D eigenvalue weighted by Gasteiger charge is 2.13. The van der Waals surface area contributed by atoms with E-state index in [1.807, 2.05) is 0 Å². The molecule has 0 radical (unpaired) electrons. The van der Waals surface area contributed by atoms with E-state index in [2.05, 4.69) is 21.2 Å². The van der Waals surface area contributed by atoms with E-state index in [0.29, 0.717) is 10.6 Å². The van der Waals surface area contributed by atoms with Crippen LogP contribution in [0.1, 0.15) is 11.7 Å². The van der Waals surface area contributed by atoms with E-state index in [-0.39, 0.29) is 16.7 Å². The predicted molar refractivity (Wildman–Crippen MR) is 79.0 cm³/mol. The van der Waals surface area contributed by atoms with E-state index < -0.39 is 17.7 Å². The van der Waals surface area contributed by atoms with Crippen molar-refractivity contribution in [1.82, 2.24) is 0 Å². The van der Waals surface area contributed by atoms with Gasteiger partial charge in [0.25, 0.3) is 0 Å². The zero-order chi connectivity index (χ0) is 14.7. The zero-order valence-corrected chi connectivity index (χ0v) is 12.5. The molecule has 0 saturated heterocycles. The maximum absolute atomic E-state index is 13.5. The summed E-state index contributed by atoms with van der Waals surface area (Å²) in [5.41, 5.74) is 0.646. The van der Waals surface area contributed by atoms with Crippen LogP contribution in [0.25, 0.3) is 0 Å². The molecule has 106 valence electrons. The molecule has 2 aromatic rings. The lowest BCUT2D eigenvalue weighted by Gasteiger charge is -2.15. The molecule has 2 rings (SSSR count). The van der Waals surface area contributed by atoms with Crippen molar-refractivity contribution in [3.8, 4) is 0 Å². The Kier molecular flexibility index (Phi) is 4.96. The number of anilines is 1. The quantitative estimate of drug-likeness (QED) is 0.784. The van der Waals surface area contributed by atoms with E-state index in [9.17, 15) is 13.9 Å². The molecular weight excluding hydrogens is 352 g/mol. The molecule has 0 aromatic heterocycles. The third-order valence-electron chi connectivity index (χ3n) is 2.76. The van der Waals surface area contributed by atoms with Gasteiger partial charge in [-0.05, 0) is 28.1 Å². The van der Waals surface area contributed by atoms with Crippen LogP contribution in [0.5, 0.6) is 0 Å². The number of aliphatic hydroxyl groups is 1. The summed E-state index contributed by atoms with van der Waals surface area (Å²) in [6.45, 7) is 0.0543. The van der Waals surface area contributed by atoms with Crippen LogP contribution in [0.15, 0.2) is 40.9 Å². The normalized spacial score (nSPS) is 12.2. The van der Waals surface area contributed by atoms with Crippen molar-refractivity contribution in [2.45, 2.75) is 6.10 Å². The second-order valence-electron chi connectivity index (χ2n) is 4.16. The third kappa shape index (κ3) is 3.48. The average molecular weight is 363 g/mol. The Labute approximate surface area is 128 Å². The molecular formula is C14H11BrClF2NO. The van der Waals surface area contributed by atoms with Crippen molar-refractivity contribution >= 4 is 33.2 Å².